The van der Waals surface area contributed by atoms with Crippen LogP contribution in [0.4, 0.5) is 5.69 Å². The number of aryl methyl sites for hydroxylation is 1. The van der Waals surface area contributed by atoms with Crippen LogP contribution in [-0.4, -0.2) is 34.0 Å². The van der Waals surface area contributed by atoms with E-state index in [0.29, 0.717) is 25.1 Å². The Morgan fingerprint density at radius 1 is 1.19 bits per heavy atom. The van der Waals surface area contributed by atoms with Crippen LogP contribution >= 0.6 is 0 Å². The van der Waals surface area contributed by atoms with Crippen LogP contribution in [0.15, 0.2) is 47.4 Å². The van der Waals surface area contributed by atoms with E-state index in [-0.39, 0.29) is 24.0 Å². The Balaban J connectivity index is 1.60. The zero-order chi connectivity index (χ0) is 19.4. The Morgan fingerprint density at radius 3 is 2.63 bits per heavy atom. The summed E-state index contributed by atoms with van der Waals surface area (Å²) in [5.74, 6) is 0.758. The minimum atomic E-state index is -3.62. The van der Waals surface area contributed by atoms with Crippen molar-refractivity contribution in [3.63, 3.8) is 0 Å². The Bertz CT molecular complexity index is 923. The van der Waals surface area contributed by atoms with E-state index in [4.69, 9.17) is 4.74 Å². The van der Waals surface area contributed by atoms with Gasteiger partial charge in [0.2, 0.25) is 15.9 Å². The van der Waals surface area contributed by atoms with Gasteiger partial charge < -0.3 is 9.64 Å². The highest BCUT2D eigenvalue weighted by molar-refractivity contribution is 7.89. The molecule has 0 aromatic heterocycles. The molecule has 0 bridgehead atoms. The summed E-state index contributed by atoms with van der Waals surface area (Å²) in [7, 11) is -3.62. The molecule has 7 heteroatoms. The number of nitrogens with one attached hydrogen (secondary N) is 1. The number of rotatable bonds is 7. The predicted octanol–water partition coefficient (Wildman–Crippen LogP) is 2.65. The maximum Gasteiger partial charge on any atom is 0.240 e. The van der Waals surface area contributed by atoms with Gasteiger partial charge in [-0.25, -0.2) is 13.1 Å². The van der Waals surface area contributed by atoms with Crippen LogP contribution in [0, 0.1) is 6.92 Å². The Morgan fingerprint density at radius 2 is 1.93 bits per heavy atom. The number of carbonyl (C=O) groups excluding carboxylic acids is 1. The molecule has 0 fully saturated rings. The third kappa shape index (κ3) is 4.48. The molecule has 1 heterocycles. The van der Waals surface area contributed by atoms with E-state index in [1.807, 2.05) is 38.1 Å². The fraction of sp³-hybridized carbons (Fsp3) is 0.350. The first-order valence-electron chi connectivity index (χ1n) is 9.03. The molecule has 0 aliphatic carbocycles. The number of fused-ring (bicyclic) bond motifs is 1. The number of hydrogen-bond donors (Lipinski definition) is 1. The molecule has 0 atom stereocenters. The number of benzene rings is 2. The van der Waals surface area contributed by atoms with Crippen molar-refractivity contribution >= 4 is 21.6 Å². The number of ether oxygens (including phenoxy) is 1. The Labute approximate surface area is 160 Å². The molecule has 1 aliphatic heterocycles. The van der Waals surface area contributed by atoms with Crippen molar-refractivity contribution in [2.75, 3.05) is 24.6 Å². The van der Waals surface area contributed by atoms with Gasteiger partial charge in [-0.2, -0.15) is 0 Å². The molecule has 1 aliphatic rings. The molecule has 27 heavy (non-hydrogen) atoms. The molecule has 0 saturated carbocycles. The summed E-state index contributed by atoms with van der Waals surface area (Å²) in [4.78, 5) is 13.9. The molecule has 2 aromatic carbocycles. The molecule has 2 aromatic rings. The lowest BCUT2D eigenvalue weighted by Gasteiger charge is -2.16. The molecule has 3 rings (SSSR count). The third-order valence-electron chi connectivity index (χ3n) is 4.54. The second-order valence-corrected chi connectivity index (χ2v) is 8.27. The summed E-state index contributed by atoms with van der Waals surface area (Å²) >= 11 is 0. The molecule has 0 radical (unpaired) electrons. The van der Waals surface area contributed by atoms with E-state index in [0.717, 1.165) is 16.8 Å². The number of hydrogen-bond acceptors (Lipinski definition) is 4. The largest absolute Gasteiger partial charge is 0.492 e. The zero-order valence-corrected chi connectivity index (χ0v) is 16.4. The van der Waals surface area contributed by atoms with Crippen LogP contribution in [0.25, 0.3) is 0 Å². The van der Waals surface area contributed by atoms with Crippen molar-refractivity contribution in [2.24, 2.45) is 0 Å². The topological polar surface area (TPSA) is 75.7 Å². The van der Waals surface area contributed by atoms with E-state index < -0.39 is 10.0 Å². The molecule has 6 nitrogen and oxygen atoms in total. The minimum Gasteiger partial charge on any atom is -0.492 e. The second-order valence-electron chi connectivity index (χ2n) is 6.50. The fourth-order valence-electron chi connectivity index (χ4n) is 3.06. The van der Waals surface area contributed by atoms with Gasteiger partial charge in [0.25, 0.3) is 0 Å². The number of nitrogens with zero attached hydrogens (tertiary/aromatic N) is 1. The minimum absolute atomic E-state index is 0.0516. The van der Waals surface area contributed by atoms with Crippen LogP contribution in [0.1, 0.15) is 24.5 Å². The molecule has 1 N–H and O–H groups in total. The Hall–Kier alpha value is -2.38. The molecule has 144 valence electrons. The van der Waals surface area contributed by atoms with E-state index in [1.165, 1.54) is 0 Å². The van der Waals surface area contributed by atoms with E-state index in [9.17, 15) is 13.2 Å². The summed E-state index contributed by atoms with van der Waals surface area (Å²) in [5.41, 5.74) is 2.83. The van der Waals surface area contributed by atoms with Gasteiger partial charge in [-0.3, -0.25) is 4.79 Å². The highest BCUT2D eigenvalue weighted by atomic mass is 32.2. The number of carbonyl (C=O) groups is 1. The SMILES string of the molecule is CCC(=O)N1CCc2cc(S(=O)(=O)NCCOc3ccc(C)cc3)ccc21. The van der Waals surface area contributed by atoms with Crippen LogP contribution in [0.2, 0.25) is 0 Å². The Kier molecular flexibility index (Phi) is 5.82. The van der Waals surface area contributed by atoms with Gasteiger partial charge in [-0.1, -0.05) is 24.6 Å². The smallest absolute Gasteiger partial charge is 0.240 e. The lowest BCUT2D eigenvalue weighted by molar-refractivity contribution is -0.118. The summed E-state index contributed by atoms with van der Waals surface area (Å²) in [6.45, 7) is 4.83. The van der Waals surface area contributed by atoms with Gasteiger partial charge in [0.15, 0.2) is 0 Å². The van der Waals surface area contributed by atoms with Gasteiger partial charge in [0, 0.05) is 25.2 Å². The molecule has 1 amide bonds. The average Bonchev–Trinajstić information content (AvgIpc) is 3.09. The van der Waals surface area contributed by atoms with Crippen molar-refractivity contribution in [2.45, 2.75) is 31.6 Å². The van der Waals surface area contributed by atoms with E-state index in [2.05, 4.69) is 4.72 Å². The summed E-state index contributed by atoms with van der Waals surface area (Å²) in [6.07, 6.45) is 1.10. The first-order chi connectivity index (χ1) is 12.9. The van der Waals surface area contributed by atoms with Crippen molar-refractivity contribution in [1.29, 1.82) is 0 Å². The number of anilines is 1. The van der Waals surface area contributed by atoms with Crippen LogP contribution in [-0.2, 0) is 21.2 Å². The summed E-state index contributed by atoms with van der Waals surface area (Å²) < 4.78 is 33.1. The zero-order valence-electron chi connectivity index (χ0n) is 15.6. The van der Waals surface area contributed by atoms with Gasteiger partial charge in [-0.05, 0) is 49.2 Å². The summed E-state index contributed by atoms with van der Waals surface area (Å²) in [5, 5.41) is 0. The second kappa shape index (κ2) is 8.10. The molecule has 0 unspecified atom stereocenters. The van der Waals surface area contributed by atoms with Crippen molar-refractivity contribution in [3.05, 3.63) is 53.6 Å². The summed E-state index contributed by atoms with van der Waals surface area (Å²) in [6, 6.07) is 12.5. The molecular weight excluding hydrogens is 364 g/mol. The lowest BCUT2D eigenvalue weighted by Crippen LogP contribution is -2.29. The van der Waals surface area contributed by atoms with Crippen molar-refractivity contribution in [3.8, 4) is 5.75 Å². The number of amides is 1. The van der Waals surface area contributed by atoms with E-state index in [1.54, 1.807) is 23.1 Å². The average molecular weight is 388 g/mol. The van der Waals surface area contributed by atoms with Gasteiger partial charge in [0.05, 0.1) is 4.90 Å². The highest BCUT2D eigenvalue weighted by Crippen LogP contribution is 2.30. The standard InChI is InChI=1S/C20H24N2O4S/c1-3-20(23)22-12-10-16-14-18(8-9-19(16)22)27(24,25)21-11-13-26-17-6-4-15(2)5-7-17/h4-9,14,21H,3,10-13H2,1-2H3. The van der Waals surface area contributed by atoms with Crippen molar-refractivity contribution in [1.82, 2.24) is 4.72 Å². The van der Waals surface area contributed by atoms with Crippen molar-refractivity contribution < 1.29 is 17.9 Å². The van der Waals surface area contributed by atoms with Crippen LogP contribution in [0.5, 0.6) is 5.75 Å². The predicted molar refractivity (Wildman–Crippen MR) is 105 cm³/mol. The first kappa shape index (κ1) is 19.4. The van der Waals surface area contributed by atoms with Gasteiger partial charge in [-0.15, -0.1) is 0 Å². The first-order valence-corrected chi connectivity index (χ1v) is 10.5. The fourth-order valence-corrected chi connectivity index (χ4v) is 4.12. The molecule has 0 spiro atoms. The van der Waals surface area contributed by atoms with Gasteiger partial charge in [0.1, 0.15) is 12.4 Å². The number of sulfonamides is 1. The normalized spacial score (nSPS) is 13.5. The van der Waals surface area contributed by atoms with Gasteiger partial charge >= 0.3 is 0 Å². The van der Waals surface area contributed by atoms with Crippen LogP contribution in [0.3, 0.4) is 0 Å². The molecule has 0 saturated heterocycles. The van der Waals surface area contributed by atoms with E-state index >= 15 is 0 Å². The third-order valence-corrected chi connectivity index (χ3v) is 6.00. The van der Waals surface area contributed by atoms with Crippen LogP contribution < -0.4 is 14.4 Å². The monoisotopic (exact) mass is 388 g/mol. The quantitative estimate of drug-likeness (QED) is 0.740. The molecular formula is C20H24N2O4S. The maximum absolute atomic E-state index is 12.5. The highest BCUT2D eigenvalue weighted by Gasteiger charge is 2.25. The lowest BCUT2D eigenvalue weighted by atomic mass is 10.2. The maximum atomic E-state index is 12.5.